The zero-order valence-corrected chi connectivity index (χ0v) is 10.1. The Labute approximate surface area is 101 Å². The lowest BCUT2D eigenvalue weighted by Crippen LogP contribution is -2.47. The second-order valence-corrected chi connectivity index (χ2v) is 4.79. The lowest BCUT2D eigenvalue weighted by Gasteiger charge is -2.40. The molecule has 0 N–H and O–H groups in total. The van der Waals surface area contributed by atoms with Gasteiger partial charge in [0, 0.05) is 42.5 Å². The van der Waals surface area contributed by atoms with Gasteiger partial charge in [-0.25, -0.2) is 0 Å². The van der Waals surface area contributed by atoms with Crippen LogP contribution in [-0.4, -0.2) is 29.0 Å². The van der Waals surface area contributed by atoms with E-state index in [-0.39, 0.29) is 0 Å². The number of fused-ring (bicyclic) bond motifs is 1. The number of thiol groups is 1. The van der Waals surface area contributed by atoms with Gasteiger partial charge in [0.15, 0.2) is 0 Å². The average molecular weight is 236 g/mol. The van der Waals surface area contributed by atoms with Crippen molar-refractivity contribution >= 4 is 12.9 Å². The monoisotopic (exact) mass is 236 g/mol. The minimum absolute atomic E-state index is 0.688. The van der Waals surface area contributed by atoms with Gasteiger partial charge in [-0.2, -0.15) is 0 Å². The van der Waals surface area contributed by atoms with E-state index < -0.39 is 0 Å². The van der Waals surface area contributed by atoms with Crippen molar-refractivity contribution < 1.29 is 4.18 Å². The fraction of sp³-hybridized carbons (Fsp3) is 0.583. The first kappa shape index (κ1) is 10.4. The van der Waals surface area contributed by atoms with E-state index in [9.17, 15) is 0 Å². The van der Waals surface area contributed by atoms with E-state index in [4.69, 9.17) is 4.18 Å². The molecule has 1 saturated heterocycles. The molecule has 1 fully saturated rings. The van der Waals surface area contributed by atoms with Crippen molar-refractivity contribution in [2.75, 3.05) is 13.1 Å². The maximum absolute atomic E-state index is 5.13. The van der Waals surface area contributed by atoms with E-state index >= 15 is 0 Å². The predicted molar refractivity (Wildman–Crippen MR) is 65.9 cm³/mol. The number of hydrogen-bond donors (Lipinski definition) is 1. The molecular formula is C12H16N2OS. The summed E-state index contributed by atoms with van der Waals surface area (Å²) in [7, 11) is 0. The van der Waals surface area contributed by atoms with E-state index in [0.29, 0.717) is 6.04 Å². The molecule has 4 heteroatoms. The van der Waals surface area contributed by atoms with Crippen molar-refractivity contribution in [2.45, 2.75) is 31.7 Å². The molecule has 16 heavy (non-hydrogen) atoms. The Hall–Kier alpha value is -0.740. The lowest BCUT2D eigenvalue weighted by atomic mass is 9.89. The van der Waals surface area contributed by atoms with Gasteiger partial charge in [0.1, 0.15) is 5.75 Å². The largest absolute Gasteiger partial charge is 0.429 e. The number of hydrogen-bond acceptors (Lipinski definition) is 4. The topological polar surface area (TPSA) is 25.4 Å². The molecule has 2 aliphatic rings. The molecule has 86 valence electrons. The predicted octanol–water partition coefficient (Wildman–Crippen LogP) is 1.87. The Morgan fingerprint density at radius 1 is 1.44 bits per heavy atom. The molecule has 0 amide bonds. The first-order valence-electron chi connectivity index (χ1n) is 5.90. The Bertz CT molecular complexity index is 378. The smallest absolute Gasteiger partial charge is 0.143 e. The normalized spacial score (nSPS) is 24.7. The molecule has 0 radical (unpaired) electrons. The van der Waals surface area contributed by atoms with Crippen LogP contribution < -0.4 is 4.18 Å². The molecule has 0 aromatic carbocycles. The summed E-state index contributed by atoms with van der Waals surface area (Å²) in [4.78, 5) is 7.00. The lowest BCUT2D eigenvalue weighted by molar-refractivity contribution is 0.107. The summed E-state index contributed by atoms with van der Waals surface area (Å²) in [5.41, 5.74) is 2.46. The van der Waals surface area contributed by atoms with Crippen molar-refractivity contribution in [2.24, 2.45) is 0 Å². The zero-order chi connectivity index (χ0) is 11.0. The van der Waals surface area contributed by atoms with Gasteiger partial charge in [-0.3, -0.25) is 9.88 Å². The van der Waals surface area contributed by atoms with E-state index in [1.165, 1.54) is 37.2 Å². The van der Waals surface area contributed by atoms with Crippen LogP contribution in [0, 0.1) is 0 Å². The summed E-state index contributed by atoms with van der Waals surface area (Å²) in [6.45, 7) is 2.52. The Kier molecular flexibility index (Phi) is 2.77. The highest BCUT2D eigenvalue weighted by molar-refractivity contribution is 7.75. The van der Waals surface area contributed by atoms with Gasteiger partial charge in [0.25, 0.3) is 0 Å². The van der Waals surface area contributed by atoms with Gasteiger partial charge in [0.2, 0.25) is 0 Å². The second kappa shape index (κ2) is 4.26. The molecule has 1 aromatic rings. The molecular weight excluding hydrogens is 220 g/mol. The van der Waals surface area contributed by atoms with Crippen molar-refractivity contribution in [1.82, 2.24) is 9.88 Å². The van der Waals surface area contributed by atoms with Crippen LogP contribution in [0.1, 0.15) is 24.1 Å². The van der Waals surface area contributed by atoms with Crippen LogP contribution in [0.5, 0.6) is 5.75 Å². The third-order valence-corrected chi connectivity index (χ3v) is 3.96. The summed E-state index contributed by atoms with van der Waals surface area (Å²) in [6, 6.07) is 2.59. The van der Waals surface area contributed by atoms with Crippen LogP contribution in [0.3, 0.4) is 0 Å². The summed E-state index contributed by atoms with van der Waals surface area (Å²) >= 11 is 3.92. The third-order valence-electron chi connectivity index (χ3n) is 3.76. The minimum atomic E-state index is 0.688. The Balaban J connectivity index is 1.85. The molecule has 1 aromatic heterocycles. The summed E-state index contributed by atoms with van der Waals surface area (Å²) in [5, 5.41) is 0. The average Bonchev–Trinajstić information content (AvgIpc) is 2.26. The SMILES string of the molecule is SOc1ccnc2c1CC(N1CCC1)CC2. The Morgan fingerprint density at radius 2 is 2.31 bits per heavy atom. The van der Waals surface area contributed by atoms with Crippen molar-refractivity contribution in [3.63, 3.8) is 0 Å². The van der Waals surface area contributed by atoms with E-state index in [2.05, 4.69) is 22.8 Å². The molecule has 1 atom stereocenters. The fourth-order valence-corrected chi connectivity index (χ4v) is 2.86. The van der Waals surface area contributed by atoms with Crippen LogP contribution >= 0.6 is 12.9 Å². The van der Waals surface area contributed by atoms with E-state index in [1.54, 1.807) is 0 Å². The number of aromatic nitrogens is 1. The molecule has 1 aliphatic carbocycles. The quantitative estimate of drug-likeness (QED) is 0.627. The molecule has 1 unspecified atom stereocenters. The number of likely N-dealkylation sites (tertiary alicyclic amines) is 1. The van der Waals surface area contributed by atoms with Crippen LogP contribution in [0.15, 0.2) is 12.3 Å². The molecule has 0 spiro atoms. The minimum Gasteiger partial charge on any atom is -0.429 e. The van der Waals surface area contributed by atoms with Gasteiger partial charge in [0.05, 0.1) is 0 Å². The van der Waals surface area contributed by atoms with Crippen LogP contribution in [-0.2, 0) is 12.8 Å². The van der Waals surface area contributed by atoms with Gasteiger partial charge < -0.3 is 4.18 Å². The van der Waals surface area contributed by atoms with Crippen LogP contribution in [0.25, 0.3) is 0 Å². The van der Waals surface area contributed by atoms with Crippen LogP contribution in [0.2, 0.25) is 0 Å². The summed E-state index contributed by atoms with van der Waals surface area (Å²) in [6.07, 6.45) is 6.54. The highest BCUT2D eigenvalue weighted by Crippen LogP contribution is 2.31. The molecule has 3 nitrogen and oxygen atoms in total. The van der Waals surface area contributed by atoms with E-state index in [1.807, 2.05) is 12.3 Å². The first-order valence-corrected chi connectivity index (χ1v) is 6.27. The van der Waals surface area contributed by atoms with Crippen molar-refractivity contribution in [1.29, 1.82) is 0 Å². The van der Waals surface area contributed by atoms with Gasteiger partial charge in [-0.15, -0.1) is 0 Å². The number of aryl methyl sites for hydroxylation is 1. The second-order valence-electron chi connectivity index (χ2n) is 4.61. The number of nitrogens with zero attached hydrogens (tertiary/aromatic N) is 2. The van der Waals surface area contributed by atoms with Gasteiger partial charge in [-0.1, -0.05) is 0 Å². The maximum Gasteiger partial charge on any atom is 0.143 e. The molecule has 0 saturated carbocycles. The molecule has 3 rings (SSSR count). The molecule has 0 bridgehead atoms. The number of rotatable bonds is 2. The van der Waals surface area contributed by atoms with E-state index in [0.717, 1.165) is 18.6 Å². The summed E-state index contributed by atoms with van der Waals surface area (Å²) in [5.74, 6) is 0.888. The highest BCUT2D eigenvalue weighted by atomic mass is 32.1. The fourth-order valence-electron chi connectivity index (χ4n) is 2.69. The zero-order valence-electron chi connectivity index (χ0n) is 9.22. The highest BCUT2D eigenvalue weighted by Gasteiger charge is 2.29. The van der Waals surface area contributed by atoms with Crippen molar-refractivity contribution in [3.05, 3.63) is 23.5 Å². The van der Waals surface area contributed by atoms with Crippen molar-refractivity contribution in [3.8, 4) is 5.75 Å². The van der Waals surface area contributed by atoms with Gasteiger partial charge in [-0.05, 0) is 38.8 Å². The first-order chi connectivity index (χ1) is 7.88. The molecule has 1 aliphatic heterocycles. The number of pyridine rings is 1. The maximum atomic E-state index is 5.13. The van der Waals surface area contributed by atoms with Crippen LogP contribution in [0.4, 0.5) is 0 Å². The third kappa shape index (κ3) is 1.70. The Morgan fingerprint density at radius 3 is 3.00 bits per heavy atom. The summed E-state index contributed by atoms with van der Waals surface area (Å²) < 4.78 is 5.13. The standard InChI is InChI=1S/C12H16N2OS/c16-15-12-4-5-13-11-3-2-9(8-10(11)12)14-6-1-7-14/h4-5,9,16H,1-3,6-8H2. The van der Waals surface area contributed by atoms with Gasteiger partial charge >= 0.3 is 0 Å². The molecule has 2 heterocycles.